The number of hydrogen-bond donors (Lipinski definition) is 0. The van der Waals surface area contributed by atoms with E-state index >= 15 is 0 Å². The topological polar surface area (TPSA) is 84.3 Å². The Morgan fingerprint density at radius 3 is 2.63 bits per heavy atom. The van der Waals surface area contributed by atoms with E-state index in [4.69, 9.17) is 4.74 Å². The number of hydrogen-bond acceptors (Lipinski definition) is 7. The predicted molar refractivity (Wildman–Crippen MR) is 126 cm³/mol. The third-order valence-corrected chi connectivity index (χ3v) is 7.36. The van der Waals surface area contributed by atoms with E-state index in [1.165, 1.54) is 13.3 Å². The number of aromatic nitrogens is 5. The molecule has 180 valence electrons. The largest absolute Gasteiger partial charge is 0.479 e. The lowest BCUT2D eigenvalue weighted by atomic mass is 10.0. The molecule has 0 N–H and O–H groups in total. The van der Waals surface area contributed by atoms with Crippen LogP contribution in [0, 0.1) is 29.9 Å². The maximum Gasteiger partial charge on any atom is 0.251 e. The fourth-order valence-corrected chi connectivity index (χ4v) is 5.44. The first-order chi connectivity index (χ1) is 16.9. The molecule has 0 atom stereocenters. The Morgan fingerprint density at radius 1 is 1.14 bits per heavy atom. The minimum atomic E-state index is -0.882. The van der Waals surface area contributed by atoms with E-state index in [0.29, 0.717) is 22.0 Å². The van der Waals surface area contributed by atoms with Gasteiger partial charge in [0.25, 0.3) is 5.88 Å². The summed E-state index contributed by atoms with van der Waals surface area (Å²) in [7, 11) is 3.39. The van der Waals surface area contributed by atoms with Gasteiger partial charge in [-0.1, -0.05) is 11.8 Å². The number of fused-ring (bicyclic) bond motifs is 1. The molecule has 5 rings (SSSR count). The fraction of sp³-hybridized carbons (Fsp3) is 0.333. The number of nitrogens with zero attached hydrogens (tertiary/aromatic N) is 7. The van der Waals surface area contributed by atoms with Gasteiger partial charge in [0.15, 0.2) is 11.6 Å². The monoisotopic (exact) mass is 495 g/mol. The fourth-order valence-electron chi connectivity index (χ4n) is 4.46. The van der Waals surface area contributed by atoms with Crippen LogP contribution in [0.2, 0.25) is 0 Å². The number of nitriles is 1. The van der Waals surface area contributed by atoms with Gasteiger partial charge in [0.1, 0.15) is 11.1 Å². The van der Waals surface area contributed by atoms with Crippen LogP contribution in [0.15, 0.2) is 40.6 Å². The van der Waals surface area contributed by atoms with Gasteiger partial charge >= 0.3 is 0 Å². The van der Waals surface area contributed by atoms with Gasteiger partial charge in [-0.3, -0.25) is 4.68 Å². The number of piperidine rings is 1. The minimum Gasteiger partial charge on any atom is -0.479 e. The number of halogens is 2. The molecule has 0 unspecified atom stereocenters. The van der Waals surface area contributed by atoms with Crippen molar-refractivity contribution in [1.82, 2.24) is 29.3 Å². The molecular formula is C24H23F2N7OS. The molecule has 0 spiro atoms. The highest BCUT2D eigenvalue weighted by Gasteiger charge is 2.23. The highest BCUT2D eigenvalue weighted by molar-refractivity contribution is 7.99. The Kier molecular flexibility index (Phi) is 6.17. The van der Waals surface area contributed by atoms with Crippen molar-refractivity contribution >= 4 is 17.3 Å². The molecule has 11 heteroatoms. The molecule has 8 nitrogen and oxygen atoms in total. The summed E-state index contributed by atoms with van der Waals surface area (Å²) in [6, 6.07) is 5.06. The van der Waals surface area contributed by atoms with Crippen LogP contribution in [0.1, 0.15) is 30.1 Å². The summed E-state index contributed by atoms with van der Waals surface area (Å²) in [6.45, 7) is 4.08. The Bertz CT molecular complexity index is 1450. The molecule has 4 aromatic rings. The molecule has 0 saturated carbocycles. The number of likely N-dealkylation sites (tertiary alicyclic amines) is 1. The maximum absolute atomic E-state index is 14.6. The normalized spacial score (nSPS) is 15.0. The number of rotatable bonds is 5. The van der Waals surface area contributed by atoms with Crippen molar-refractivity contribution in [1.29, 1.82) is 5.26 Å². The third-order valence-electron chi connectivity index (χ3n) is 6.35. The first kappa shape index (κ1) is 23.3. The molecule has 0 amide bonds. The minimum absolute atomic E-state index is 0.0638. The van der Waals surface area contributed by atoms with Crippen LogP contribution >= 0.6 is 11.8 Å². The molecule has 1 aliphatic rings. The van der Waals surface area contributed by atoms with Crippen LogP contribution in [-0.2, 0) is 0 Å². The molecular weight excluding hydrogens is 472 g/mol. The Morgan fingerprint density at radius 2 is 1.91 bits per heavy atom. The zero-order valence-electron chi connectivity index (χ0n) is 19.5. The first-order valence-corrected chi connectivity index (χ1v) is 11.9. The molecule has 0 aliphatic carbocycles. The number of pyridine rings is 2. The second-order valence-corrected chi connectivity index (χ2v) is 9.58. The van der Waals surface area contributed by atoms with Crippen molar-refractivity contribution in [3.8, 4) is 23.1 Å². The van der Waals surface area contributed by atoms with Gasteiger partial charge in [0.05, 0.1) is 36.6 Å². The quantitative estimate of drug-likeness (QED) is 0.404. The predicted octanol–water partition coefficient (Wildman–Crippen LogP) is 4.48. The molecule has 0 radical (unpaired) electrons. The van der Waals surface area contributed by atoms with E-state index in [0.717, 1.165) is 60.6 Å². The summed E-state index contributed by atoms with van der Waals surface area (Å²) in [6.07, 6.45) is 7.18. The van der Waals surface area contributed by atoms with Gasteiger partial charge in [-0.2, -0.15) is 15.5 Å². The third kappa shape index (κ3) is 4.24. The summed E-state index contributed by atoms with van der Waals surface area (Å²) in [5, 5.41) is 18.5. The van der Waals surface area contributed by atoms with Crippen LogP contribution in [0.3, 0.4) is 0 Å². The van der Waals surface area contributed by atoms with Gasteiger partial charge in [-0.15, -0.1) is 0 Å². The molecule has 1 saturated heterocycles. The van der Waals surface area contributed by atoms with E-state index in [9.17, 15) is 14.0 Å². The lowest BCUT2D eigenvalue weighted by Gasteiger charge is -2.29. The Hall–Kier alpha value is -3.49. The maximum atomic E-state index is 14.6. The highest BCUT2D eigenvalue weighted by Crippen LogP contribution is 2.38. The van der Waals surface area contributed by atoms with Gasteiger partial charge in [0, 0.05) is 34.0 Å². The average molecular weight is 496 g/mol. The molecule has 35 heavy (non-hydrogen) atoms. The van der Waals surface area contributed by atoms with Crippen molar-refractivity contribution < 1.29 is 13.5 Å². The Labute approximate surface area is 205 Å². The lowest BCUT2D eigenvalue weighted by molar-refractivity contribution is 0.210. The van der Waals surface area contributed by atoms with Crippen LogP contribution in [0.25, 0.3) is 16.6 Å². The first-order valence-electron chi connectivity index (χ1n) is 11.1. The molecule has 5 heterocycles. The summed E-state index contributed by atoms with van der Waals surface area (Å²) in [5.41, 5.74) is 3.62. The summed E-state index contributed by atoms with van der Waals surface area (Å²) >= 11 is 0.988. The average Bonchev–Trinajstić information content (AvgIpc) is 3.44. The van der Waals surface area contributed by atoms with E-state index < -0.39 is 11.6 Å². The second-order valence-electron chi connectivity index (χ2n) is 8.55. The van der Waals surface area contributed by atoms with Crippen molar-refractivity contribution in [2.45, 2.75) is 35.7 Å². The van der Waals surface area contributed by atoms with Crippen LogP contribution in [-0.4, -0.2) is 56.5 Å². The van der Waals surface area contributed by atoms with Crippen LogP contribution in [0.5, 0.6) is 5.88 Å². The van der Waals surface area contributed by atoms with Crippen molar-refractivity contribution in [3.05, 3.63) is 53.6 Å². The zero-order chi connectivity index (χ0) is 24.7. The summed E-state index contributed by atoms with van der Waals surface area (Å²) < 4.78 is 37.1. The van der Waals surface area contributed by atoms with Crippen LogP contribution in [0.4, 0.5) is 8.78 Å². The van der Waals surface area contributed by atoms with E-state index in [1.807, 2.05) is 25.4 Å². The Balaban J connectivity index is 1.59. The zero-order valence-corrected chi connectivity index (χ0v) is 20.3. The molecule has 1 aliphatic heterocycles. The smallest absolute Gasteiger partial charge is 0.251 e. The molecule has 1 fully saturated rings. The van der Waals surface area contributed by atoms with E-state index in [1.54, 1.807) is 4.52 Å². The van der Waals surface area contributed by atoms with Crippen LogP contribution < -0.4 is 4.74 Å². The highest BCUT2D eigenvalue weighted by atomic mass is 32.2. The molecule has 0 aromatic carbocycles. The van der Waals surface area contributed by atoms with Crippen molar-refractivity contribution in [2.75, 3.05) is 27.2 Å². The van der Waals surface area contributed by atoms with E-state index in [2.05, 4.69) is 37.9 Å². The van der Waals surface area contributed by atoms with Gasteiger partial charge in [-0.05, 0) is 46.0 Å². The SMILES string of the molecule is COc1nc(Sc2cc(-c3cnn(C4CCN(C)CC4)c3C)cn3ncc(C#N)c23)c(F)cc1F. The molecule has 0 bridgehead atoms. The number of ether oxygens (including phenoxy) is 1. The lowest BCUT2D eigenvalue weighted by Crippen LogP contribution is -2.32. The van der Waals surface area contributed by atoms with Gasteiger partial charge in [-0.25, -0.2) is 18.3 Å². The number of methoxy groups -OCH3 is 1. The van der Waals surface area contributed by atoms with Crippen molar-refractivity contribution in [3.63, 3.8) is 0 Å². The van der Waals surface area contributed by atoms with Gasteiger partial charge in [0.2, 0.25) is 0 Å². The standard InChI is InChI=1S/C24H23F2N7OS/c1-14-18(12-29-33(14)17-4-6-31(2)7-5-17)15-8-21(22-16(10-27)11-28-32(22)13-15)35-24-20(26)9-19(25)23(30-24)34-3/h8-9,11-13,17H,4-7H2,1-3H3. The molecule has 4 aromatic heterocycles. The van der Waals surface area contributed by atoms with Crippen molar-refractivity contribution in [2.24, 2.45) is 0 Å². The van der Waals surface area contributed by atoms with E-state index in [-0.39, 0.29) is 10.9 Å². The second kappa shape index (κ2) is 9.28. The summed E-state index contributed by atoms with van der Waals surface area (Å²) in [4.78, 5) is 6.86. The van der Waals surface area contributed by atoms with Gasteiger partial charge < -0.3 is 9.64 Å². The summed E-state index contributed by atoms with van der Waals surface area (Å²) in [5.74, 6) is -2.00.